The van der Waals surface area contributed by atoms with Gasteiger partial charge in [0.2, 0.25) is 5.91 Å². The second-order valence-corrected chi connectivity index (χ2v) is 9.67. The number of carbonyl (C=O) groups excluding carboxylic acids is 1. The molecule has 1 amide bonds. The maximum Gasteiger partial charge on any atom is 0.233 e. The summed E-state index contributed by atoms with van der Waals surface area (Å²) in [7, 11) is 4.03. The number of benzene rings is 2. The number of amides is 1. The molecule has 2 aromatic heterocycles. The van der Waals surface area contributed by atoms with Crippen molar-refractivity contribution in [3.63, 3.8) is 0 Å². The summed E-state index contributed by atoms with van der Waals surface area (Å²) in [5.74, 6) is -0.0256. The quantitative estimate of drug-likeness (QED) is 0.412. The number of thioether (sulfide) groups is 1. The molecule has 2 atom stereocenters. The molecule has 168 valence electrons. The summed E-state index contributed by atoms with van der Waals surface area (Å²) in [5, 5.41) is 13.4. The van der Waals surface area contributed by atoms with Crippen LogP contribution in [0.5, 0.6) is 0 Å². The molecule has 4 aromatic rings. The number of aryl methyl sites for hydroxylation is 1. The zero-order valence-corrected chi connectivity index (χ0v) is 20.1. The molecule has 0 aliphatic heterocycles. The number of hydrogen-bond acceptors (Lipinski definition) is 5. The molecule has 0 bridgehead atoms. The van der Waals surface area contributed by atoms with Gasteiger partial charge in [-0.25, -0.2) is 4.98 Å². The summed E-state index contributed by atoms with van der Waals surface area (Å²) in [6, 6.07) is 22.3. The molecule has 0 aliphatic carbocycles. The molecule has 0 spiro atoms. The summed E-state index contributed by atoms with van der Waals surface area (Å²) in [5.41, 5.74) is 4.96. The molecule has 0 unspecified atom stereocenters. The van der Waals surface area contributed by atoms with Crippen molar-refractivity contribution in [1.29, 1.82) is 5.26 Å². The zero-order chi connectivity index (χ0) is 23.5. The fourth-order valence-corrected chi connectivity index (χ4v) is 5.08. The third-order valence-electron chi connectivity index (χ3n) is 5.79. The minimum atomic E-state index is -0.319. The van der Waals surface area contributed by atoms with Crippen LogP contribution in [0, 0.1) is 18.3 Å². The molecule has 2 aromatic carbocycles. The molecular weight excluding hydrogens is 430 g/mol. The van der Waals surface area contributed by atoms with Crippen LogP contribution in [-0.2, 0) is 4.79 Å². The molecule has 4 rings (SSSR count). The van der Waals surface area contributed by atoms with Crippen LogP contribution in [0.1, 0.15) is 29.7 Å². The fourth-order valence-electron chi connectivity index (χ4n) is 3.99. The molecule has 0 aliphatic rings. The van der Waals surface area contributed by atoms with Gasteiger partial charge in [0, 0.05) is 6.54 Å². The Hall–Kier alpha value is -3.34. The Morgan fingerprint density at radius 3 is 2.58 bits per heavy atom. The number of carbonyl (C=O) groups is 1. The molecule has 7 heteroatoms. The number of pyridine rings is 1. The molecule has 1 N–H and O–H groups in total. The molecule has 6 nitrogen and oxygen atoms in total. The van der Waals surface area contributed by atoms with Crippen LogP contribution >= 0.6 is 11.8 Å². The number of nitrogens with one attached hydrogen (secondary N) is 1. The lowest BCUT2D eigenvalue weighted by atomic mass is 10.1. The molecule has 0 saturated carbocycles. The van der Waals surface area contributed by atoms with Crippen LogP contribution < -0.4 is 5.32 Å². The first-order chi connectivity index (χ1) is 15.9. The Labute approximate surface area is 198 Å². The van der Waals surface area contributed by atoms with Gasteiger partial charge in [-0.1, -0.05) is 54.2 Å². The van der Waals surface area contributed by atoms with Gasteiger partial charge in [-0.3, -0.25) is 9.20 Å². The third kappa shape index (κ3) is 4.58. The van der Waals surface area contributed by atoms with E-state index in [-0.39, 0.29) is 17.2 Å². The second kappa shape index (κ2) is 9.65. The van der Waals surface area contributed by atoms with E-state index in [9.17, 15) is 10.1 Å². The molecule has 0 fully saturated rings. The number of para-hydroxylation sites is 2. The summed E-state index contributed by atoms with van der Waals surface area (Å²) in [4.78, 5) is 19.8. The Bertz CT molecular complexity index is 1340. The highest BCUT2D eigenvalue weighted by Crippen LogP contribution is 2.31. The lowest BCUT2D eigenvalue weighted by molar-refractivity contribution is -0.120. The van der Waals surface area contributed by atoms with E-state index >= 15 is 0 Å². The Balaban J connectivity index is 1.58. The van der Waals surface area contributed by atoms with Crippen molar-refractivity contribution in [3.05, 3.63) is 77.4 Å². The standard InChI is InChI=1S/C26H27N5OS/c1-17-14-24(31-22-13-9-8-12-21(22)29-25(31)20(17)15-27)33-18(2)26(32)28-16-23(30(3)4)19-10-6-5-7-11-19/h5-14,18,23H,16H2,1-4H3,(H,28,32)/t18-,23+/m1/s1. The van der Waals surface area contributed by atoms with E-state index in [4.69, 9.17) is 4.98 Å². The minimum absolute atomic E-state index is 0.0256. The number of fused-ring (bicyclic) bond motifs is 3. The minimum Gasteiger partial charge on any atom is -0.353 e. The van der Waals surface area contributed by atoms with Gasteiger partial charge in [0.1, 0.15) is 6.07 Å². The lowest BCUT2D eigenvalue weighted by Crippen LogP contribution is -2.38. The third-order valence-corrected chi connectivity index (χ3v) is 6.90. The smallest absolute Gasteiger partial charge is 0.233 e. The summed E-state index contributed by atoms with van der Waals surface area (Å²) < 4.78 is 1.99. The first-order valence-electron chi connectivity index (χ1n) is 10.9. The number of likely N-dealkylation sites (N-methyl/N-ethyl adjacent to an activating group) is 1. The van der Waals surface area contributed by atoms with Gasteiger partial charge in [-0.05, 0) is 57.3 Å². The van der Waals surface area contributed by atoms with Gasteiger partial charge in [0.25, 0.3) is 0 Å². The van der Waals surface area contributed by atoms with E-state index in [1.54, 1.807) is 0 Å². The van der Waals surface area contributed by atoms with Crippen molar-refractivity contribution in [1.82, 2.24) is 19.6 Å². The Kier molecular flexibility index (Phi) is 6.68. The Morgan fingerprint density at radius 2 is 1.88 bits per heavy atom. The maximum atomic E-state index is 13.0. The highest BCUT2D eigenvalue weighted by molar-refractivity contribution is 8.00. The van der Waals surface area contributed by atoms with Crippen molar-refractivity contribution >= 4 is 34.3 Å². The van der Waals surface area contributed by atoms with Gasteiger partial charge in [-0.15, -0.1) is 0 Å². The maximum absolute atomic E-state index is 13.0. The van der Waals surface area contributed by atoms with Crippen molar-refractivity contribution in [2.45, 2.75) is 30.2 Å². The lowest BCUT2D eigenvalue weighted by Gasteiger charge is -2.25. The predicted molar refractivity (Wildman–Crippen MR) is 133 cm³/mol. The molecule has 0 saturated heterocycles. The molecule has 33 heavy (non-hydrogen) atoms. The topological polar surface area (TPSA) is 73.4 Å². The summed E-state index contributed by atoms with van der Waals surface area (Å²) in [6.07, 6.45) is 0. The van der Waals surface area contributed by atoms with E-state index in [2.05, 4.69) is 28.4 Å². The number of aromatic nitrogens is 2. The van der Waals surface area contributed by atoms with Gasteiger partial charge in [0.15, 0.2) is 5.65 Å². The van der Waals surface area contributed by atoms with Gasteiger partial charge in [0.05, 0.1) is 32.9 Å². The first-order valence-corrected chi connectivity index (χ1v) is 11.7. The van der Waals surface area contributed by atoms with Gasteiger partial charge < -0.3 is 10.2 Å². The number of nitriles is 1. The summed E-state index contributed by atoms with van der Waals surface area (Å²) >= 11 is 1.48. The van der Waals surface area contributed by atoms with Gasteiger partial charge >= 0.3 is 0 Å². The Morgan fingerprint density at radius 1 is 1.18 bits per heavy atom. The number of hydrogen-bond donors (Lipinski definition) is 1. The van der Waals surface area contributed by atoms with Crippen molar-refractivity contribution in [2.75, 3.05) is 20.6 Å². The van der Waals surface area contributed by atoms with Crippen LogP contribution in [0.25, 0.3) is 16.7 Å². The van der Waals surface area contributed by atoms with E-state index in [0.29, 0.717) is 17.8 Å². The fraction of sp³-hybridized carbons (Fsp3) is 0.269. The average molecular weight is 458 g/mol. The SMILES string of the molecule is Cc1cc(S[C@H](C)C(=O)NC[C@@H](c2ccccc2)N(C)C)n2c(nc3ccccc32)c1C#N. The second-order valence-electron chi connectivity index (χ2n) is 8.31. The molecular formula is C26H27N5OS. The zero-order valence-electron chi connectivity index (χ0n) is 19.2. The van der Waals surface area contributed by atoms with E-state index in [1.807, 2.05) is 80.9 Å². The first kappa shape index (κ1) is 22.8. The van der Waals surface area contributed by atoms with Crippen LogP contribution in [0.3, 0.4) is 0 Å². The van der Waals surface area contributed by atoms with Crippen molar-refractivity contribution in [3.8, 4) is 6.07 Å². The summed E-state index contributed by atoms with van der Waals surface area (Å²) in [6.45, 7) is 4.34. The van der Waals surface area contributed by atoms with Crippen LogP contribution in [0.2, 0.25) is 0 Å². The number of nitrogens with zero attached hydrogens (tertiary/aromatic N) is 4. The molecule has 2 heterocycles. The molecule has 0 radical (unpaired) electrons. The van der Waals surface area contributed by atoms with E-state index in [1.165, 1.54) is 11.8 Å². The largest absolute Gasteiger partial charge is 0.353 e. The van der Waals surface area contributed by atoms with E-state index in [0.717, 1.165) is 27.2 Å². The van der Waals surface area contributed by atoms with Crippen LogP contribution in [-0.4, -0.2) is 46.1 Å². The predicted octanol–water partition coefficient (Wildman–Crippen LogP) is 4.57. The van der Waals surface area contributed by atoms with Crippen molar-refractivity contribution in [2.24, 2.45) is 0 Å². The van der Waals surface area contributed by atoms with Crippen molar-refractivity contribution < 1.29 is 4.79 Å². The number of rotatable bonds is 7. The van der Waals surface area contributed by atoms with E-state index < -0.39 is 0 Å². The monoisotopic (exact) mass is 457 g/mol. The van der Waals surface area contributed by atoms with Crippen LogP contribution in [0.15, 0.2) is 65.7 Å². The van der Waals surface area contributed by atoms with Gasteiger partial charge in [-0.2, -0.15) is 5.26 Å². The highest BCUT2D eigenvalue weighted by Gasteiger charge is 2.22. The normalized spacial score (nSPS) is 13.2. The van der Waals surface area contributed by atoms with Crippen LogP contribution in [0.4, 0.5) is 0 Å². The average Bonchev–Trinajstić information content (AvgIpc) is 3.19. The number of imidazole rings is 1. The highest BCUT2D eigenvalue weighted by atomic mass is 32.2.